The van der Waals surface area contributed by atoms with Gasteiger partial charge >= 0.3 is 5.97 Å². The molecule has 0 aromatic carbocycles. The molecule has 0 saturated heterocycles. The fourth-order valence-corrected chi connectivity index (χ4v) is 3.23. The van der Waals surface area contributed by atoms with Crippen molar-refractivity contribution in [2.45, 2.75) is 78.6 Å². The molecule has 0 aliphatic rings. The van der Waals surface area contributed by atoms with Crippen molar-refractivity contribution in [1.29, 1.82) is 0 Å². The van der Waals surface area contributed by atoms with Gasteiger partial charge in [0, 0.05) is 13.0 Å². The molecule has 0 bridgehead atoms. The Kier molecular flexibility index (Phi) is 31.7. The van der Waals surface area contributed by atoms with Gasteiger partial charge in [-0.3, -0.25) is 4.79 Å². The Labute approximate surface area is 232 Å². The highest BCUT2D eigenvalue weighted by atomic mass is 16.6. The Morgan fingerprint density at radius 1 is 0.500 bits per heavy atom. The molecule has 0 saturated carbocycles. The van der Waals surface area contributed by atoms with E-state index in [9.17, 15) is 4.79 Å². The maximum Gasteiger partial charge on any atom is 0.305 e. The molecule has 0 N–H and O–H groups in total. The van der Waals surface area contributed by atoms with E-state index in [1.54, 1.807) is 0 Å². The molecule has 0 radical (unpaired) electrons. The summed E-state index contributed by atoms with van der Waals surface area (Å²) in [6.45, 7) is 14.5. The number of ether oxygens (including phenoxy) is 8. The third-order valence-corrected chi connectivity index (χ3v) is 5.81. The second kappa shape index (κ2) is 32.4. The first-order chi connectivity index (χ1) is 18.7. The smallest absolute Gasteiger partial charge is 0.305 e. The van der Waals surface area contributed by atoms with Crippen molar-refractivity contribution >= 4 is 5.97 Å². The molecule has 38 heavy (non-hydrogen) atoms. The van der Waals surface area contributed by atoms with Gasteiger partial charge in [0.1, 0.15) is 6.61 Å². The first kappa shape index (κ1) is 37.2. The molecule has 0 aliphatic carbocycles. The second-order valence-electron chi connectivity index (χ2n) is 9.35. The van der Waals surface area contributed by atoms with Crippen LogP contribution in [0.2, 0.25) is 0 Å². The lowest BCUT2D eigenvalue weighted by Gasteiger charge is -2.10. The minimum Gasteiger partial charge on any atom is -0.463 e. The summed E-state index contributed by atoms with van der Waals surface area (Å²) < 4.78 is 43.4. The standard InChI is InChI=1S/C29H58O9/c1-4-6-7-8-9-10-11-12-29(30)38-26-25-36-22-21-34-18-17-32-14-13-31-15-16-33-19-20-35-23-24-37-27-28(3)5-2/h28H,4-27H2,1-3H3. The van der Waals surface area contributed by atoms with Gasteiger partial charge in [0.25, 0.3) is 0 Å². The van der Waals surface area contributed by atoms with Crippen LogP contribution in [-0.4, -0.2) is 105 Å². The molecule has 0 fully saturated rings. The van der Waals surface area contributed by atoms with Crippen molar-refractivity contribution in [2.75, 3.05) is 99.1 Å². The summed E-state index contributed by atoms with van der Waals surface area (Å²) >= 11 is 0. The number of esters is 1. The van der Waals surface area contributed by atoms with Gasteiger partial charge in [-0.05, 0) is 12.3 Å². The average Bonchev–Trinajstić information content (AvgIpc) is 2.92. The average molecular weight is 551 g/mol. The van der Waals surface area contributed by atoms with Gasteiger partial charge < -0.3 is 37.9 Å². The molecule has 0 aromatic heterocycles. The largest absolute Gasteiger partial charge is 0.463 e. The van der Waals surface area contributed by atoms with Gasteiger partial charge in [-0.2, -0.15) is 0 Å². The first-order valence-corrected chi connectivity index (χ1v) is 14.9. The topological polar surface area (TPSA) is 90.9 Å². The summed E-state index contributed by atoms with van der Waals surface area (Å²) in [5, 5.41) is 0. The fourth-order valence-electron chi connectivity index (χ4n) is 3.23. The summed E-state index contributed by atoms with van der Waals surface area (Å²) in [4.78, 5) is 11.7. The zero-order valence-electron chi connectivity index (χ0n) is 24.7. The Morgan fingerprint density at radius 3 is 1.29 bits per heavy atom. The molecule has 0 amide bonds. The molecule has 0 heterocycles. The van der Waals surface area contributed by atoms with E-state index in [0.29, 0.717) is 105 Å². The molecule has 0 aromatic rings. The first-order valence-electron chi connectivity index (χ1n) is 14.9. The third kappa shape index (κ3) is 31.4. The fraction of sp³-hybridized carbons (Fsp3) is 0.966. The van der Waals surface area contributed by atoms with Crippen LogP contribution >= 0.6 is 0 Å². The maximum atomic E-state index is 11.7. The normalized spacial score (nSPS) is 12.2. The van der Waals surface area contributed by atoms with Crippen LogP contribution in [0.3, 0.4) is 0 Å². The van der Waals surface area contributed by atoms with Crippen LogP contribution in [0.4, 0.5) is 0 Å². The predicted molar refractivity (Wildman–Crippen MR) is 149 cm³/mol. The molecular weight excluding hydrogens is 492 g/mol. The minimum absolute atomic E-state index is 0.133. The van der Waals surface area contributed by atoms with Crippen LogP contribution in [0.5, 0.6) is 0 Å². The SMILES string of the molecule is CCCCCCCCCC(=O)OCCOCCOCCOCCOCCOCCOCCOCC(C)CC. The summed E-state index contributed by atoms with van der Waals surface area (Å²) in [5.74, 6) is 0.467. The summed E-state index contributed by atoms with van der Waals surface area (Å²) in [6.07, 6.45) is 9.99. The molecule has 1 atom stereocenters. The van der Waals surface area contributed by atoms with Crippen LogP contribution in [-0.2, 0) is 42.7 Å². The van der Waals surface area contributed by atoms with Crippen LogP contribution in [0.1, 0.15) is 78.6 Å². The zero-order valence-corrected chi connectivity index (χ0v) is 24.7. The third-order valence-electron chi connectivity index (χ3n) is 5.81. The number of carbonyl (C=O) groups excluding carboxylic acids is 1. The van der Waals surface area contributed by atoms with Crippen molar-refractivity contribution in [3.63, 3.8) is 0 Å². The molecule has 228 valence electrons. The summed E-state index contributed by atoms with van der Waals surface area (Å²) in [6, 6.07) is 0. The number of hydrogen-bond donors (Lipinski definition) is 0. The van der Waals surface area contributed by atoms with E-state index in [1.165, 1.54) is 32.1 Å². The monoisotopic (exact) mass is 550 g/mol. The quantitative estimate of drug-likeness (QED) is 0.0862. The van der Waals surface area contributed by atoms with E-state index >= 15 is 0 Å². The van der Waals surface area contributed by atoms with Gasteiger partial charge in [-0.25, -0.2) is 0 Å². The predicted octanol–water partition coefficient (Wildman–Crippen LogP) is 4.83. The van der Waals surface area contributed by atoms with Crippen LogP contribution < -0.4 is 0 Å². The number of rotatable bonds is 32. The Bertz CT molecular complexity index is 465. The minimum atomic E-state index is -0.133. The Hall–Kier alpha value is -0.810. The number of hydrogen-bond acceptors (Lipinski definition) is 9. The second-order valence-corrected chi connectivity index (χ2v) is 9.35. The number of carbonyl (C=O) groups is 1. The van der Waals surface area contributed by atoms with Crippen molar-refractivity contribution in [3.8, 4) is 0 Å². The lowest BCUT2D eigenvalue weighted by Crippen LogP contribution is -2.15. The van der Waals surface area contributed by atoms with Gasteiger partial charge in [0.15, 0.2) is 0 Å². The van der Waals surface area contributed by atoms with Gasteiger partial charge in [0.2, 0.25) is 0 Å². The van der Waals surface area contributed by atoms with E-state index in [4.69, 9.17) is 37.9 Å². The molecule has 1 unspecified atom stereocenters. The maximum absolute atomic E-state index is 11.7. The zero-order chi connectivity index (χ0) is 27.8. The molecule has 0 aliphatic heterocycles. The Balaban J connectivity index is 3.12. The van der Waals surface area contributed by atoms with E-state index in [2.05, 4.69) is 20.8 Å². The van der Waals surface area contributed by atoms with E-state index < -0.39 is 0 Å². The van der Waals surface area contributed by atoms with Crippen molar-refractivity contribution in [3.05, 3.63) is 0 Å². The molecular formula is C29H58O9. The van der Waals surface area contributed by atoms with Crippen molar-refractivity contribution in [2.24, 2.45) is 5.92 Å². The van der Waals surface area contributed by atoms with Crippen LogP contribution in [0.25, 0.3) is 0 Å². The van der Waals surface area contributed by atoms with Gasteiger partial charge in [-0.1, -0.05) is 65.7 Å². The van der Waals surface area contributed by atoms with Crippen LogP contribution in [0.15, 0.2) is 0 Å². The Morgan fingerprint density at radius 2 is 0.868 bits per heavy atom. The lowest BCUT2D eigenvalue weighted by atomic mass is 10.1. The molecule has 9 heteroatoms. The van der Waals surface area contributed by atoms with Crippen molar-refractivity contribution in [1.82, 2.24) is 0 Å². The highest BCUT2D eigenvalue weighted by Crippen LogP contribution is 2.08. The number of unbranched alkanes of at least 4 members (excludes halogenated alkanes) is 6. The van der Waals surface area contributed by atoms with Crippen LogP contribution in [0, 0.1) is 5.92 Å². The molecule has 0 spiro atoms. The van der Waals surface area contributed by atoms with E-state index in [-0.39, 0.29) is 5.97 Å². The van der Waals surface area contributed by atoms with E-state index in [1.807, 2.05) is 0 Å². The van der Waals surface area contributed by atoms with Crippen molar-refractivity contribution < 1.29 is 42.7 Å². The van der Waals surface area contributed by atoms with Gasteiger partial charge in [-0.15, -0.1) is 0 Å². The van der Waals surface area contributed by atoms with E-state index in [0.717, 1.165) is 25.9 Å². The summed E-state index contributed by atoms with van der Waals surface area (Å²) in [7, 11) is 0. The highest BCUT2D eigenvalue weighted by molar-refractivity contribution is 5.69. The van der Waals surface area contributed by atoms with Gasteiger partial charge in [0.05, 0.1) is 85.9 Å². The lowest BCUT2D eigenvalue weighted by molar-refractivity contribution is -0.145. The summed E-state index contributed by atoms with van der Waals surface area (Å²) in [5.41, 5.74) is 0. The molecule has 9 nitrogen and oxygen atoms in total. The highest BCUT2D eigenvalue weighted by Gasteiger charge is 2.03. The molecule has 0 rings (SSSR count).